The first-order chi connectivity index (χ1) is 8.24. The van der Waals surface area contributed by atoms with Crippen molar-refractivity contribution in [3.05, 3.63) is 29.8 Å². The molecule has 0 fully saturated rings. The number of benzene rings is 1. The maximum absolute atomic E-state index is 8.66. The molecule has 1 aromatic carbocycles. The molecule has 1 atom stereocenters. The molecule has 1 unspecified atom stereocenters. The Morgan fingerprint density at radius 1 is 1.12 bits per heavy atom. The highest BCUT2D eigenvalue weighted by molar-refractivity contribution is 7.99. The lowest BCUT2D eigenvalue weighted by molar-refractivity contribution is 0.283. The van der Waals surface area contributed by atoms with Crippen molar-refractivity contribution >= 4 is 11.8 Å². The summed E-state index contributed by atoms with van der Waals surface area (Å²) in [6, 6.07) is 8.64. The molecule has 0 aliphatic rings. The summed E-state index contributed by atoms with van der Waals surface area (Å²) in [4.78, 5) is 1.32. The van der Waals surface area contributed by atoms with Crippen LogP contribution in [0.2, 0.25) is 0 Å². The average Bonchev–Trinajstić information content (AvgIpc) is 2.34. The van der Waals surface area contributed by atoms with Crippen molar-refractivity contribution in [2.24, 2.45) is 5.73 Å². The largest absolute Gasteiger partial charge is 0.396 e. The zero-order valence-corrected chi connectivity index (χ0v) is 11.4. The second-order valence-corrected chi connectivity index (χ2v) is 5.51. The van der Waals surface area contributed by atoms with Gasteiger partial charge in [-0.25, -0.2) is 0 Å². The van der Waals surface area contributed by atoms with Gasteiger partial charge in [0.25, 0.3) is 0 Å². The number of hydrogen-bond acceptors (Lipinski definition) is 3. The van der Waals surface area contributed by atoms with E-state index in [2.05, 4.69) is 24.3 Å². The Balaban J connectivity index is 2.19. The number of hydrogen-bond donors (Lipinski definition) is 2. The summed E-state index contributed by atoms with van der Waals surface area (Å²) >= 11 is 1.90. The molecule has 17 heavy (non-hydrogen) atoms. The Kier molecular flexibility index (Phi) is 7.33. The maximum atomic E-state index is 8.66. The first kappa shape index (κ1) is 14.6. The topological polar surface area (TPSA) is 46.2 Å². The Morgan fingerprint density at radius 2 is 1.76 bits per heavy atom. The molecular weight excluding hydrogens is 230 g/mol. The van der Waals surface area contributed by atoms with Crippen molar-refractivity contribution in [1.29, 1.82) is 0 Å². The van der Waals surface area contributed by atoms with Crippen LogP contribution in [0.1, 0.15) is 44.2 Å². The minimum atomic E-state index is 0.118. The van der Waals surface area contributed by atoms with Crippen LogP contribution < -0.4 is 5.73 Å². The minimum Gasteiger partial charge on any atom is -0.396 e. The zero-order valence-electron chi connectivity index (χ0n) is 10.6. The van der Waals surface area contributed by atoms with E-state index < -0.39 is 0 Å². The van der Waals surface area contributed by atoms with Crippen LogP contribution in [-0.2, 0) is 0 Å². The summed E-state index contributed by atoms with van der Waals surface area (Å²) in [7, 11) is 0. The van der Waals surface area contributed by atoms with E-state index in [0.717, 1.165) is 18.6 Å². The molecule has 0 amide bonds. The average molecular weight is 253 g/mol. The third-order valence-electron chi connectivity index (χ3n) is 2.73. The Hall–Kier alpha value is -0.510. The second kappa shape index (κ2) is 8.56. The number of rotatable bonds is 8. The van der Waals surface area contributed by atoms with Gasteiger partial charge >= 0.3 is 0 Å². The molecule has 0 aromatic heterocycles. The van der Waals surface area contributed by atoms with E-state index in [1.54, 1.807) is 0 Å². The lowest BCUT2D eigenvalue weighted by atomic mass is 10.1. The van der Waals surface area contributed by atoms with E-state index in [-0.39, 0.29) is 6.04 Å². The predicted octanol–water partition coefficient (Wildman–Crippen LogP) is 3.35. The van der Waals surface area contributed by atoms with Gasteiger partial charge in [0.1, 0.15) is 0 Å². The van der Waals surface area contributed by atoms with Crippen molar-refractivity contribution in [1.82, 2.24) is 0 Å². The smallest absolute Gasteiger partial charge is 0.0431 e. The van der Waals surface area contributed by atoms with Gasteiger partial charge in [-0.1, -0.05) is 25.0 Å². The molecule has 0 radical (unpaired) electrons. The molecule has 3 heteroatoms. The van der Waals surface area contributed by atoms with E-state index in [0.29, 0.717) is 6.61 Å². The van der Waals surface area contributed by atoms with Crippen LogP contribution >= 0.6 is 11.8 Å². The molecule has 96 valence electrons. The molecule has 1 rings (SSSR count). The monoisotopic (exact) mass is 253 g/mol. The van der Waals surface area contributed by atoms with Crippen molar-refractivity contribution in [2.75, 3.05) is 12.4 Å². The maximum Gasteiger partial charge on any atom is 0.0431 e. The quantitative estimate of drug-likeness (QED) is 0.551. The number of unbranched alkanes of at least 4 members (excludes halogenated alkanes) is 3. The second-order valence-electron chi connectivity index (χ2n) is 4.34. The molecule has 0 heterocycles. The molecule has 0 bridgehead atoms. The third-order valence-corrected chi connectivity index (χ3v) is 3.83. The van der Waals surface area contributed by atoms with Crippen molar-refractivity contribution in [2.45, 2.75) is 43.5 Å². The summed E-state index contributed by atoms with van der Waals surface area (Å²) in [5, 5.41) is 8.66. The number of thioether (sulfide) groups is 1. The van der Waals surface area contributed by atoms with Gasteiger partial charge < -0.3 is 10.8 Å². The molecule has 0 spiro atoms. The Labute approximate surface area is 109 Å². The van der Waals surface area contributed by atoms with Crippen LogP contribution in [0.15, 0.2) is 29.2 Å². The zero-order chi connectivity index (χ0) is 12.5. The van der Waals surface area contributed by atoms with Gasteiger partial charge in [0.2, 0.25) is 0 Å². The van der Waals surface area contributed by atoms with Crippen molar-refractivity contribution < 1.29 is 5.11 Å². The number of aliphatic hydroxyl groups is 1. The lowest BCUT2D eigenvalue weighted by Crippen LogP contribution is -2.04. The van der Waals surface area contributed by atoms with Crippen LogP contribution in [0.5, 0.6) is 0 Å². The first-order valence-electron chi connectivity index (χ1n) is 6.33. The summed E-state index contributed by atoms with van der Waals surface area (Å²) in [5.41, 5.74) is 7.00. The summed E-state index contributed by atoms with van der Waals surface area (Å²) in [5.74, 6) is 1.16. The fourth-order valence-corrected chi connectivity index (χ4v) is 2.54. The van der Waals surface area contributed by atoms with E-state index in [9.17, 15) is 0 Å². The Bertz CT molecular complexity index is 298. The third kappa shape index (κ3) is 6.10. The predicted molar refractivity (Wildman–Crippen MR) is 75.3 cm³/mol. The molecule has 0 saturated heterocycles. The van der Waals surface area contributed by atoms with Crippen molar-refractivity contribution in [3.8, 4) is 0 Å². The van der Waals surface area contributed by atoms with Crippen LogP contribution in [0.4, 0.5) is 0 Å². The van der Waals surface area contributed by atoms with Gasteiger partial charge in [-0.2, -0.15) is 0 Å². The summed E-state index contributed by atoms with van der Waals surface area (Å²) in [6.07, 6.45) is 4.51. The fourth-order valence-electron chi connectivity index (χ4n) is 1.63. The summed E-state index contributed by atoms with van der Waals surface area (Å²) in [6.45, 7) is 2.33. The highest BCUT2D eigenvalue weighted by Gasteiger charge is 1.99. The van der Waals surface area contributed by atoms with Crippen LogP contribution in [-0.4, -0.2) is 17.5 Å². The first-order valence-corrected chi connectivity index (χ1v) is 7.32. The molecule has 3 N–H and O–H groups in total. The normalized spacial score (nSPS) is 12.6. The van der Waals surface area contributed by atoms with Gasteiger partial charge in [-0.15, -0.1) is 11.8 Å². The fraction of sp³-hybridized carbons (Fsp3) is 0.571. The van der Waals surface area contributed by atoms with Crippen LogP contribution in [0.3, 0.4) is 0 Å². The van der Waals surface area contributed by atoms with Crippen LogP contribution in [0, 0.1) is 0 Å². The molecule has 1 aromatic rings. The highest BCUT2D eigenvalue weighted by atomic mass is 32.2. The van der Waals surface area contributed by atoms with Gasteiger partial charge in [0.05, 0.1) is 0 Å². The van der Waals surface area contributed by atoms with E-state index in [1.165, 1.54) is 23.3 Å². The Morgan fingerprint density at radius 3 is 2.35 bits per heavy atom. The lowest BCUT2D eigenvalue weighted by Gasteiger charge is -2.06. The van der Waals surface area contributed by atoms with Gasteiger partial charge in [-0.05, 0) is 43.2 Å². The highest BCUT2D eigenvalue weighted by Crippen LogP contribution is 2.21. The van der Waals surface area contributed by atoms with Crippen LogP contribution in [0.25, 0.3) is 0 Å². The van der Waals surface area contributed by atoms with E-state index in [1.807, 2.05) is 18.7 Å². The van der Waals surface area contributed by atoms with E-state index >= 15 is 0 Å². The SMILES string of the molecule is CC(N)c1ccc(SCCCCCCO)cc1. The minimum absolute atomic E-state index is 0.118. The molecule has 0 saturated carbocycles. The molecule has 2 nitrogen and oxygen atoms in total. The molecular formula is C14H23NOS. The summed E-state index contributed by atoms with van der Waals surface area (Å²) < 4.78 is 0. The van der Waals surface area contributed by atoms with Gasteiger partial charge in [0.15, 0.2) is 0 Å². The molecule has 0 aliphatic carbocycles. The van der Waals surface area contributed by atoms with Gasteiger partial charge in [0, 0.05) is 17.5 Å². The van der Waals surface area contributed by atoms with Crippen molar-refractivity contribution in [3.63, 3.8) is 0 Å². The number of aliphatic hydroxyl groups excluding tert-OH is 1. The van der Waals surface area contributed by atoms with Gasteiger partial charge in [-0.3, -0.25) is 0 Å². The number of nitrogens with two attached hydrogens (primary N) is 1. The van der Waals surface area contributed by atoms with E-state index in [4.69, 9.17) is 10.8 Å². The molecule has 0 aliphatic heterocycles. The standard InChI is InChI=1S/C14H23NOS/c1-12(15)13-6-8-14(9-7-13)17-11-5-3-2-4-10-16/h6-9,12,16H,2-5,10-11,15H2,1H3.